The van der Waals surface area contributed by atoms with Crippen LogP contribution in [-0.4, -0.2) is 33.5 Å². The number of fused-ring (bicyclic) bond motifs is 1. The summed E-state index contributed by atoms with van der Waals surface area (Å²) in [5.41, 5.74) is 7.40. The highest BCUT2D eigenvalue weighted by Gasteiger charge is 2.44. The summed E-state index contributed by atoms with van der Waals surface area (Å²) in [7, 11) is 0. The molecule has 0 saturated heterocycles. The van der Waals surface area contributed by atoms with E-state index in [-0.39, 0.29) is 18.0 Å². The number of aryl methyl sites for hydroxylation is 2. The van der Waals surface area contributed by atoms with Gasteiger partial charge >= 0.3 is 0 Å². The van der Waals surface area contributed by atoms with Crippen molar-refractivity contribution in [2.24, 2.45) is 5.73 Å². The molecule has 1 aromatic heterocycles. The van der Waals surface area contributed by atoms with Gasteiger partial charge in [0.1, 0.15) is 23.0 Å². The maximum absolute atomic E-state index is 14.2. The van der Waals surface area contributed by atoms with E-state index in [9.17, 15) is 14.4 Å². The summed E-state index contributed by atoms with van der Waals surface area (Å²) in [6, 6.07) is 16.8. The fraction of sp³-hybridized carbons (Fsp3) is 0.419. The predicted molar refractivity (Wildman–Crippen MR) is 156 cm³/mol. The molecular weight excluding hydrogens is 504 g/mol. The Labute approximate surface area is 235 Å². The van der Waals surface area contributed by atoms with Gasteiger partial charge in [-0.05, 0) is 63.6 Å². The summed E-state index contributed by atoms with van der Waals surface area (Å²) >= 11 is 0. The number of hydrogen-bond acceptors (Lipinski definition) is 5. The molecule has 4 rings (SSSR count). The van der Waals surface area contributed by atoms with E-state index in [1.54, 1.807) is 6.92 Å². The van der Waals surface area contributed by atoms with E-state index in [2.05, 4.69) is 41.9 Å². The molecule has 212 valence electrons. The molecule has 0 spiro atoms. The fourth-order valence-corrected chi connectivity index (χ4v) is 5.44. The lowest BCUT2D eigenvalue weighted by atomic mass is 9.84. The van der Waals surface area contributed by atoms with E-state index in [1.807, 2.05) is 61.0 Å². The van der Waals surface area contributed by atoms with Crippen LogP contribution in [0.4, 0.5) is 5.82 Å². The lowest BCUT2D eigenvalue weighted by molar-refractivity contribution is -0.131. The largest absolute Gasteiger partial charge is 0.368 e. The van der Waals surface area contributed by atoms with Gasteiger partial charge in [0.15, 0.2) is 0 Å². The van der Waals surface area contributed by atoms with Crippen LogP contribution in [0.25, 0.3) is 0 Å². The van der Waals surface area contributed by atoms with Gasteiger partial charge in [0.2, 0.25) is 5.91 Å². The molecule has 9 nitrogen and oxygen atoms in total. The minimum Gasteiger partial charge on any atom is -0.368 e. The fourth-order valence-electron chi connectivity index (χ4n) is 5.44. The van der Waals surface area contributed by atoms with Crippen molar-refractivity contribution in [3.8, 4) is 0 Å². The lowest BCUT2D eigenvalue weighted by Crippen LogP contribution is -2.59. The topological polar surface area (TPSA) is 131 Å². The van der Waals surface area contributed by atoms with Crippen molar-refractivity contribution >= 4 is 23.5 Å². The van der Waals surface area contributed by atoms with Gasteiger partial charge in [-0.25, -0.2) is 4.68 Å². The molecule has 2 aromatic carbocycles. The molecule has 3 amide bonds. The maximum atomic E-state index is 14.2. The van der Waals surface area contributed by atoms with Crippen LogP contribution < -0.4 is 21.7 Å². The van der Waals surface area contributed by atoms with Gasteiger partial charge in [0.05, 0.1) is 17.3 Å². The van der Waals surface area contributed by atoms with Gasteiger partial charge < -0.3 is 21.7 Å². The van der Waals surface area contributed by atoms with Crippen LogP contribution >= 0.6 is 0 Å². The van der Waals surface area contributed by atoms with Crippen molar-refractivity contribution in [2.45, 2.75) is 84.0 Å². The van der Waals surface area contributed by atoms with Gasteiger partial charge in [0.25, 0.3) is 11.8 Å². The van der Waals surface area contributed by atoms with Gasteiger partial charge in [-0.3, -0.25) is 14.4 Å². The molecule has 0 aliphatic carbocycles. The summed E-state index contributed by atoms with van der Waals surface area (Å²) < 4.78 is 1.87. The number of aromatic nitrogens is 2. The van der Waals surface area contributed by atoms with Crippen molar-refractivity contribution in [1.82, 2.24) is 20.4 Å². The van der Waals surface area contributed by atoms with E-state index < -0.39 is 29.3 Å². The zero-order valence-electron chi connectivity index (χ0n) is 24.2. The summed E-state index contributed by atoms with van der Waals surface area (Å²) in [6.07, 6.45) is 1.86. The summed E-state index contributed by atoms with van der Waals surface area (Å²) in [4.78, 5) is 39.8. The Morgan fingerprint density at radius 1 is 1.12 bits per heavy atom. The minimum absolute atomic E-state index is 0.0245. The highest BCUT2D eigenvalue weighted by atomic mass is 16.2. The number of carbonyl (C=O) groups is 3. The molecule has 9 heteroatoms. The first-order chi connectivity index (χ1) is 18.9. The predicted octanol–water partition coefficient (Wildman–Crippen LogP) is 4.07. The number of nitrogens with two attached hydrogens (primary N) is 1. The zero-order valence-corrected chi connectivity index (χ0v) is 24.2. The number of benzene rings is 2. The molecule has 40 heavy (non-hydrogen) atoms. The molecule has 0 radical (unpaired) electrons. The number of rotatable bonds is 9. The molecule has 0 fully saturated rings. The standard InChI is InChI=1S/C31H40N6O3/c1-7-21-14-16-23(17-15-21)31(8-2,29(40)33-20(4)26(32)38)35-28(39)25-19(3)36-37-27(25)34-24(18-30(37,5)6)22-12-10-9-11-13-22/h9-17,20,24,34H,7-8,18H2,1-6H3,(H2,32,38)(H,33,40)(H,35,39)/t20-,24?,31-/m0/s1. The van der Waals surface area contributed by atoms with Gasteiger partial charge in [-0.1, -0.05) is 68.4 Å². The smallest absolute Gasteiger partial charge is 0.258 e. The number of amides is 3. The first kappa shape index (κ1) is 28.9. The highest BCUT2D eigenvalue weighted by molar-refractivity contribution is 6.04. The van der Waals surface area contributed by atoms with Crippen LogP contribution in [0.1, 0.15) is 86.2 Å². The Hall–Kier alpha value is -4.14. The van der Waals surface area contributed by atoms with Crippen LogP contribution in [0.2, 0.25) is 0 Å². The monoisotopic (exact) mass is 544 g/mol. The van der Waals surface area contributed by atoms with Gasteiger partial charge in [-0.2, -0.15) is 5.10 Å². The molecule has 0 bridgehead atoms. The molecule has 1 aliphatic rings. The van der Waals surface area contributed by atoms with Gasteiger partial charge in [0, 0.05) is 0 Å². The average molecular weight is 545 g/mol. The van der Waals surface area contributed by atoms with Crippen LogP contribution in [0.15, 0.2) is 54.6 Å². The van der Waals surface area contributed by atoms with Crippen molar-refractivity contribution in [1.29, 1.82) is 0 Å². The van der Waals surface area contributed by atoms with E-state index >= 15 is 0 Å². The molecule has 3 aromatic rings. The van der Waals surface area contributed by atoms with E-state index in [0.717, 1.165) is 24.0 Å². The van der Waals surface area contributed by atoms with E-state index in [0.29, 0.717) is 22.6 Å². The highest BCUT2D eigenvalue weighted by Crippen LogP contribution is 2.41. The first-order valence-electron chi connectivity index (χ1n) is 13.9. The summed E-state index contributed by atoms with van der Waals surface area (Å²) in [5.74, 6) is -0.990. The third-order valence-corrected chi connectivity index (χ3v) is 7.95. The van der Waals surface area contributed by atoms with Crippen molar-refractivity contribution in [3.63, 3.8) is 0 Å². The van der Waals surface area contributed by atoms with Gasteiger partial charge in [-0.15, -0.1) is 0 Å². The third-order valence-electron chi connectivity index (χ3n) is 7.95. The van der Waals surface area contributed by atoms with E-state index in [1.165, 1.54) is 6.92 Å². The molecule has 0 saturated carbocycles. The van der Waals surface area contributed by atoms with Crippen LogP contribution in [0, 0.1) is 6.92 Å². The number of carbonyl (C=O) groups excluding carboxylic acids is 3. The normalized spacial score (nSPS) is 18.0. The van der Waals surface area contributed by atoms with Crippen molar-refractivity contribution in [3.05, 3.63) is 82.5 Å². The zero-order chi connectivity index (χ0) is 29.2. The Balaban J connectivity index is 1.77. The Bertz CT molecular complexity index is 1400. The maximum Gasteiger partial charge on any atom is 0.258 e. The molecule has 2 heterocycles. The first-order valence-corrected chi connectivity index (χ1v) is 13.9. The summed E-state index contributed by atoms with van der Waals surface area (Å²) in [6.45, 7) is 11.4. The Morgan fingerprint density at radius 2 is 1.77 bits per heavy atom. The van der Waals surface area contributed by atoms with Crippen molar-refractivity contribution in [2.75, 3.05) is 5.32 Å². The number of hydrogen-bond donors (Lipinski definition) is 4. The summed E-state index contributed by atoms with van der Waals surface area (Å²) in [5, 5.41) is 14.1. The second-order valence-electron chi connectivity index (χ2n) is 11.2. The molecule has 3 atom stereocenters. The molecule has 1 aliphatic heterocycles. The van der Waals surface area contributed by atoms with Crippen molar-refractivity contribution < 1.29 is 14.4 Å². The third kappa shape index (κ3) is 5.33. The number of nitrogens with zero attached hydrogens (tertiary/aromatic N) is 2. The minimum atomic E-state index is -1.45. The van der Waals surface area contributed by atoms with E-state index in [4.69, 9.17) is 10.8 Å². The number of anilines is 1. The Kier molecular flexibility index (Phi) is 8.05. The number of nitrogens with one attached hydrogen (secondary N) is 3. The Morgan fingerprint density at radius 3 is 2.35 bits per heavy atom. The van der Waals surface area contributed by atoms with Crippen LogP contribution in [0.3, 0.4) is 0 Å². The average Bonchev–Trinajstić information content (AvgIpc) is 3.28. The second-order valence-corrected chi connectivity index (χ2v) is 11.2. The second kappa shape index (κ2) is 11.2. The number of primary amides is 1. The molecule has 1 unspecified atom stereocenters. The molecular formula is C31H40N6O3. The molecule has 5 N–H and O–H groups in total. The quantitative estimate of drug-likeness (QED) is 0.323. The van der Waals surface area contributed by atoms with Crippen LogP contribution in [0.5, 0.6) is 0 Å². The van der Waals surface area contributed by atoms with Crippen LogP contribution in [-0.2, 0) is 27.1 Å². The lowest BCUT2D eigenvalue weighted by Gasteiger charge is -2.38. The SMILES string of the molecule is CCc1ccc([C@](CC)(NC(=O)c2c(C)nn3c2NC(c2ccccc2)CC3(C)C)C(=O)N[C@@H](C)C(N)=O)cc1.